The van der Waals surface area contributed by atoms with Gasteiger partial charge in [-0.05, 0) is 54.8 Å². The zero-order valence-corrected chi connectivity index (χ0v) is 15.3. The van der Waals surface area contributed by atoms with Crippen molar-refractivity contribution in [2.45, 2.75) is 25.3 Å². The number of ether oxygens (including phenoxy) is 1. The predicted octanol–water partition coefficient (Wildman–Crippen LogP) is 2.80. The molecule has 1 fully saturated rings. The van der Waals surface area contributed by atoms with Crippen LogP contribution in [0.4, 0.5) is 4.39 Å². The molecule has 1 N–H and O–H groups in total. The van der Waals surface area contributed by atoms with E-state index in [-0.39, 0.29) is 30.1 Å². The SMILES string of the molecule is COc1ccc(C(=O)N2CCC(NC(=O)Cc3ccc(F)cc3)CC2)cc1. The van der Waals surface area contributed by atoms with Gasteiger partial charge < -0.3 is 15.0 Å². The highest BCUT2D eigenvalue weighted by molar-refractivity contribution is 5.94. The Hall–Kier alpha value is -2.89. The number of carbonyl (C=O) groups is 2. The number of nitrogens with one attached hydrogen (secondary N) is 1. The van der Waals surface area contributed by atoms with Crippen LogP contribution in [0.25, 0.3) is 0 Å². The molecule has 27 heavy (non-hydrogen) atoms. The lowest BCUT2D eigenvalue weighted by Crippen LogP contribution is -2.46. The molecule has 142 valence electrons. The summed E-state index contributed by atoms with van der Waals surface area (Å²) in [5.41, 5.74) is 1.41. The standard InChI is InChI=1S/C21H23FN2O3/c1-27-19-8-4-16(5-9-19)21(26)24-12-10-18(11-13-24)23-20(25)14-15-2-6-17(22)7-3-15/h2-9,18H,10-14H2,1H3,(H,23,25). The molecule has 2 aromatic carbocycles. The first-order valence-corrected chi connectivity index (χ1v) is 9.02. The Morgan fingerprint density at radius 3 is 2.30 bits per heavy atom. The predicted molar refractivity (Wildman–Crippen MR) is 100 cm³/mol. The molecule has 3 rings (SSSR count). The van der Waals surface area contributed by atoms with Crippen LogP contribution in [0.5, 0.6) is 5.75 Å². The van der Waals surface area contributed by atoms with E-state index < -0.39 is 0 Å². The van der Waals surface area contributed by atoms with Crippen LogP contribution in [-0.4, -0.2) is 43.0 Å². The summed E-state index contributed by atoms with van der Waals surface area (Å²) in [5, 5.41) is 3.01. The molecule has 0 spiro atoms. The molecule has 1 aliphatic rings. The lowest BCUT2D eigenvalue weighted by molar-refractivity contribution is -0.121. The summed E-state index contributed by atoms with van der Waals surface area (Å²) in [5.74, 6) is 0.317. The van der Waals surface area contributed by atoms with Crippen molar-refractivity contribution in [2.75, 3.05) is 20.2 Å². The molecule has 6 heteroatoms. The van der Waals surface area contributed by atoms with E-state index in [4.69, 9.17) is 4.74 Å². The molecule has 0 aromatic heterocycles. The van der Waals surface area contributed by atoms with Crippen molar-refractivity contribution in [2.24, 2.45) is 0 Å². The Morgan fingerprint density at radius 1 is 1.07 bits per heavy atom. The van der Waals surface area contributed by atoms with Gasteiger partial charge in [-0.2, -0.15) is 0 Å². The third-order valence-electron chi connectivity index (χ3n) is 4.76. The number of methoxy groups -OCH3 is 1. The summed E-state index contributed by atoms with van der Waals surface area (Å²) in [4.78, 5) is 26.5. The molecular formula is C21H23FN2O3. The van der Waals surface area contributed by atoms with E-state index in [9.17, 15) is 14.0 Å². The van der Waals surface area contributed by atoms with Crippen LogP contribution < -0.4 is 10.1 Å². The monoisotopic (exact) mass is 370 g/mol. The van der Waals surface area contributed by atoms with Crippen LogP contribution in [0, 0.1) is 5.82 Å². The molecule has 1 saturated heterocycles. The first-order valence-electron chi connectivity index (χ1n) is 9.02. The second-order valence-corrected chi connectivity index (χ2v) is 6.67. The molecule has 1 heterocycles. The summed E-state index contributed by atoms with van der Waals surface area (Å²) in [6.07, 6.45) is 1.67. The van der Waals surface area contributed by atoms with Crippen molar-refractivity contribution in [3.63, 3.8) is 0 Å². The Kier molecular flexibility index (Phi) is 6.06. The number of likely N-dealkylation sites (tertiary alicyclic amines) is 1. The van der Waals surface area contributed by atoms with Crippen LogP contribution in [-0.2, 0) is 11.2 Å². The van der Waals surface area contributed by atoms with Gasteiger partial charge in [0.05, 0.1) is 13.5 Å². The highest BCUT2D eigenvalue weighted by Gasteiger charge is 2.24. The Morgan fingerprint density at radius 2 is 1.70 bits per heavy atom. The first kappa shape index (κ1) is 18.9. The van der Waals surface area contributed by atoms with Gasteiger partial charge in [0, 0.05) is 24.7 Å². The second kappa shape index (κ2) is 8.66. The highest BCUT2D eigenvalue weighted by atomic mass is 19.1. The number of hydrogen-bond acceptors (Lipinski definition) is 3. The molecule has 0 saturated carbocycles. The molecule has 0 atom stereocenters. The summed E-state index contributed by atoms with van der Waals surface area (Å²) in [6, 6.07) is 13.1. The number of piperidine rings is 1. The quantitative estimate of drug-likeness (QED) is 0.881. The maximum atomic E-state index is 12.9. The average Bonchev–Trinajstić information content (AvgIpc) is 2.70. The smallest absolute Gasteiger partial charge is 0.253 e. The van der Waals surface area contributed by atoms with Gasteiger partial charge >= 0.3 is 0 Å². The number of benzene rings is 2. The van der Waals surface area contributed by atoms with Crippen molar-refractivity contribution in [1.29, 1.82) is 0 Å². The van der Waals surface area contributed by atoms with Gasteiger partial charge in [-0.1, -0.05) is 12.1 Å². The zero-order chi connectivity index (χ0) is 19.2. The van der Waals surface area contributed by atoms with Gasteiger partial charge in [0.2, 0.25) is 5.91 Å². The average molecular weight is 370 g/mol. The van der Waals surface area contributed by atoms with Crippen LogP contribution in [0.3, 0.4) is 0 Å². The molecule has 5 nitrogen and oxygen atoms in total. The molecule has 2 amide bonds. The van der Waals surface area contributed by atoms with E-state index in [0.717, 1.165) is 18.4 Å². The summed E-state index contributed by atoms with van der Waals surface area (Å²) < 4.78 is 18.0. The van der Waals surface area contributed by atoms with E-state index in [1.54, 1.807) is 43.5 Å². The Bertz CT molecular complexity index is 782. The maximum absolute atomic E-state index is 12.9. The van der Waals surface area contributed by atoms with Crippen molar-refractivity contribution in [3.05, 3.63) is 65.5 Å². The molecule has 1 aliphatic heterocycles. The van der Waals surface area contributed by atoms with Crippen molar-refractivity contribution in [1.82, 2.24) is 10.2 Å². The molecule has 0 aliphatic carbocycles. The fraction of sp³-hybridized carbons (Fsp3) is 0.333. The van der Waals surface area contributed by atoms with E-state index >= 15 is 0 Å². The van der Waals surface area contributed by atoms with Crippen LogP contribution in [0.15, 0.2) is 48.5 Å². The third-order valence-corrected chi connectivity index (χ3v) is 4.76. The number of carbonyl (C=O) groups excluding carboxylic acids is 2. The van der Waals surface area contributed by atoms with Gasteiger partial charge in [-0.3, -0.25) is 9.59 Å². The normalized spacial score (nSPS) is 14.7. The van der Waals surface area contributed by atoms with Gasteiger partial charge in [0.1, 0.15) is 11.6 Å². The minimum absolute atomic E-state index is 0.00579. The summed E-state index contributed by atoms with van der Waals surface area (Å²) in [6.45, 7) is 1.21. The summed E-state index contributed by atoms with van der Waals surface area (Å²) in [7, 11) is 1.59. The van der Waals surface area contributed by atoms with E-state index in [1.165, 1.54) is 12.1 Å². The molecular weight excluding hydrogens is 347 g/mol. The minimum atomic E-state index is -0.312. The molecule has 0 radical (unpaired) electrons. The zero-order valence-electron chi connectivity index (χ0n) is 15.3. The Balaban J connectivity index is 1.47. The van der Waals surface area contributed by atoms with Crippen LogP contribution in [0.2, 0.25) is 0 Å². The van der Waals surface area contributed by atoms with Crippen molar-refractivity contribution in [3.8, 4) is 5.75 Å². The minimum Gasteiger partial charge on any atom is -0.497 e. The van der Waals surface area contributed by atoms with Crippen molar-refractivity contribution >= 4 is 11.8 Å². The maximum Gasteiger partial charge on any atom is 0.253 e. The summed E-state index contributed by atoms with van der Waals surface area (Å²) >= 11 is 0. The largest absolute Gasteiger partial charge is 0.497 e. The number of rotatable bonds is 5. The number of amides is 2. The number of nitrogens with zero attached hydrogens (tertiary/aromatic N) is 1. The number of halogens is 1. The number of hydrogen-bond donors (Lipinski definition) is 1. The van der Waals surface area contributed by atoms with Gasteiger partial charge in [-0.15, -0.1) is 0 Å². The first-order chi connectivity index (χ1) is 13.0. The third kappa shape index (κ3) is 5.06. The van der Waals surface area contributed by atoms with Crippen LogP contribution in [0.1, 0.15) is 28.8 Å². The van der Waals surface area contributed by atoms with E-state index in [0.29, 0.717) is 24.4 Å². The molecule has 0 unspecified atom stereocenters. The van der Waals surface area contributed by atoms with Crippen LogP contribution >= 0.6 is 0 Å². The van der Waals surface area contributed by atoms with E-state index in [1.807, 2.05) is 4.90 Å². The van der Waals surface area contributed by atoms with Gasteiger partial charge in [-0.25, -0.2) is 4.39 Å². The fourth-order valence-electron chi connectivity index (χ4n) is 3.21. The fourth-order valence-corrected chi connectivity index (χ4v) is 3.21. The Labute approximate surface area is 158 Å². The molecule has 2 aromatic rings. The topological polar surface area (TPSA) is 58.6 Å². The van der Waals surface area contributed by atoms with Crippen molar-refractivity contribution < 1.29 is 18.7 Å². The molecule has 0 bridgehead atoms. The van der Waals surface area contributed by atoms with E-state index in [2.05, 4.69) is 5.32 Å². The van der Waals surface area contributed by atoms with Gasteiger partial charge in [0.25, 0.3) is 5.91 Å². The lowest BCUT2D eigenvalue weighted by Gasteiger charge is -2.32. The van der Waals surface area contributed by atoms with Gasteiger partial charge in [0.15, 0.2) is 0 Å². The second-order valence-electron chi connectivity index (χ2n) is 6.67. The lowest BCUT2D eigenvalue weighted by atomic mass is 10.0. The highest BCUT2D eigenvalue weighted by Crippen LogP contribution is 2.17.